The first-order valence-electron chi connectivity index (χ1n) is 9.02. The summed E-state index contributed by atoms with van der Waals surface area (Å²) in [7, 11) is 0. The summed E-state index contributed by atoms with van der Waals surface area (Å²) >= 11 is 5.85. The fourth-order valence-electron chi connectivity index (χ4n) is 3.39. The minimum Gasteiger partial charge on any atom is -0.491 e. The van der Waals surface area contributed by atoms with Crippen molar-refractivity contribution in [3.05, 3.63) is 65.2 Å². The molecule has 1 atom stereocenters. The first-order chi connectivity index (χ1) is 12.2. The van der Waals surface area contributed by atoms with Crippen LogP contribution < -0.4 is 4.74 Å². The van der Waals surface area contributed by atoms with Crippen LogP contribution in [0.4, 0.5) is 0 Å². The lowest BCUT2D eigenvalue weighted by atomic mass is 9.90. The highest BCUT2D eigenvalue weighted by Gasteiger charge is 2.21. The van der Waals surface area contributed by atoms with Gasteiger partial charge in [0.1, 0.15) is 18.5 Å². The largest absolute Gasteiger partial charge is 0.491 e. The van der Waals surface area contributed by atoms with Crippen LogP contribution in [0.5, 0.6) is 5.75 Å². The van der Waals surface area contributed by atoms with E-state index in [2.05, 4.69) is 35.2 Å². The van der Waals surface area contributed by atoms with E-state index in [4.69, 9.17) is 16.3 Å². The van der Waals surface area contributed by atoms with Crippen LogP contribution in [-0.2, 0) is 6.42 Å². The van der Waals surface area contributed by atoms with Crippen molar-refractivity contribution in [2.75, 3.05) is 26.2 Å². The molecule has 1 aliphatic rings. The molecular weight excluding hydrogens is 369 g/mol. The molecule has 1 N–H and O–H groups in total. The fourth-order valence-corrected chi connectivity index (χ4v) is 3.52. The quantitative estimate of drug-likeness (QED) is 0.750. The first kappa shape index (κ1) is 21.0. The van der Waals surface area contributed by atoms with Crippen LogP contribution in [0, 0.1) is 5.92 Å². The van der Waals surface area contributed by atoms with E-state index in [9.17, 15) is 5.11 Å². The Morgan fingerprint density at radius 1 is 1.04 bits per heavy atom. The first-order valence-corrected chi connectivity index (χ1v) is 9.39. The zero-order valence-electron chi connectivity index (χ0n) is 14.9. The number of nitrogens with zero attached hydrogens (tertiary/aromatic N) is 1. The molecule has 0 aliphatic carbocycles. The highest BCUT2D eigenvalue weighted by Crippen LogP contribution is 2.22. The van der Waals surface area contributed by atoms with Gasteiger partial charge in [-0.25, -0.2) is 0 Å². The molecule has 0 bridgehead atoms. The average molecular weight is 396 g/mol. The van der Waals surface area contributed by atoms with Crippen LogP contribution in [0.3, 0.4) is 0 Å². The summed E-state index contributed by atoms with van der Waals surface area (Å²) in [5, 5.41) is 10.9. The Balaban J connectivity index is 0.00000243. The van der Waals surface area contributed by atoms with Crippen LogP contribution in [0.15, 0.2) is 54.6 Å². The summed E-state index contributed by atoms with van der Waals surface area (Å²) in [5.41, 5.74) is 1.43. The van der Waals surface area contributed by atoms with Gasteiger partial charge in [-0.1, -0.05) is 41.9 Å². The molecule has 1 aliphatic heterocycles. The van der Waals surface area contributed by atoms with E-state index >= 15 is 0 Å². The number of aliphatic hydroxyl groups is 1. The van der Waals surface area contributed by atoms with E-state index in [1.165, 1.54) is 18.4 Å². The summed E-state index contributed by atoms with van der Waals surface area (Å²) < 4.78 is 5.63. The van der Waals surface area contributed by atoms with Crippen molar-refractivity contribution in [3.8, 4) is 5.75 Å². The number of halogens is 2. The topological polar surface area (TPSA) is 32.7 Å². The summed E-state index contributed by atoms with van der Waals surface area (Å²) in [4.78, 5) is 2.34. The van der Waals surface area contributed by atoms with Gasteiger partial charge in [0.25, 0.3) is 0 Å². The Bertz CT molecular complexity index is 628. The molecule has 3 nitrogen and oxygen atoms in total. The molecule has 1 heterocycles. The van der Waals surface area contributed by atoms with Crippen molar-refractivity contribution in [1.82, 2.24) is 4.90 Å². The van der Waals surface area contributed by atoms with Crippen LogP contribution in [0.1, 0.15) is 18.4 Å². The second-order valence-electron chi connectivity index (χ2n) is 6.85. The van der Waals surface area contributed by atoms with E-state index in [0.717, 1.165) is 31.2 Å². The Morgan fingerprint density at radius 3 is 2.35 bits per heavy atom. The summed E-state index contributed by atoms with van der Waals surface area (Å²) in [5.74, 6) is 1.49. The van der Waals surface area contributed by atoms with Gasteiger partial charge >= 0.3 is 0 Å². The summed E-state index contributed by atoms with van der Waals surface area (Å²) in [6.07, 6.45) is 3.08. The van der Waals surface area contributed by atoms with E-state index in [1.54, 1.807) is 12.1 Å². The van der Waals surface area contributed by atoms with Crippen molar-refractivity contribution < 1.29 is 9.84 Å². The minimum absolute atomic E-state index is 0. The van der Waals surface area contributed by atoms with Gasteiger partial charge in [-0.15, -0.1) is 12.4 Å². The van der Waals surface area contributed by atoms with E-state index in [0.29, 0.717) is 18.2 Å². The number of aliphatic hydroxyl groups excluding tert-OH is 1. The van der Waals surface area contributed by atoms with Crippen LogP contribution >= 0.6 is 24.0 Å². The van der Waals surface area contributed by atoms with Crippen molar-refractivity contribution in [2.24, 2.45) is 5.92 Å². The molecule has 26 heavy (non-hydrogen) atoms. The van der Waals surface area contributed by atoms with Crippen LogP contribution in [0.2, 0.25) is 5.02 Å². The second kappa shape index (κ2) is 10.8. The third kappa shape index (κ3) is 6.81. The summed E-state index contributed by atoms with van der Waals surface area (Å²) in [6, 6.07) is 18.0. The van der Waals surface area contributed by atoms with Crippen molar-refractivity contribution in [3.63, 3.8) is 0 Å². The zero-order chi connectivity index (χ0) is 17.5. The number of benzene rings is 2. The van der Waals surface area contributed by atoms with Gasteiger partial charge in [-0.2, -0.15) is 0 Å². The van der Waals surface area contributed by atoms with Crippen LogP contribution in [0.25, 0.3) is 0 Å². The molecule has 5 heteroatoms. The maximum Gasteiger partial charge on any atom is 0.119 e. The molecule has 0 saturated carbocycles. The fraction of sp³-hybridized carbons (Fsp3) is 0.429. The lowest BCUT2D eigenvalue weighted by Crippen LogP contribution is -2.41. The Kier molecular flexibility index (Phi) is 8.73. The molecule has 0 radical (unpaired) electrons. The smallest absolute Gasteiger partial charge is 0.119 e. The molecule has 3 rings (SSSR count). The van der Waals surface area contributed by atoms with Gasteiger partial charge in [0, 0.05) is 11.6 Å². The van der Waals surface area contributed by atoms with Gasteiger partial charge in [0.15, 0.2) is 0 Å². The number of piperidine rings is 1. The van der Waals surface area contributed by atoms with E-state index < -0.39 is 6.10 Å². The standard InChI is InChI=1S/C21H26ClNO2.ClH/c22-19-6-8-21(9-7-19)25-16-20(24)15-23-12-10-18(11-13-23)14-17-4-2-1-3-5-17;/h1-9,18,20,24H,10-16H2;1H. The third-order valence-electron chi connectivity index (χ3n) is 4.80. The predicted octanol–water partition coefficient (Wildman–Crippen LogP) is 4.46. The molecular formula is C21H27Cl2NO2. The number of hydrogen-bond acceptors (Lipinski definition) is 3. The molecule has 1 unspecified atom stereocenters. The lowest BCUT2D eigenvalue weighted by Gasteiger charge is -2.33. The molecule has 1 saturated heterocycles. The number of β-amino-alcohol motifs (C(OH)–C–C–N with tert-alkyl or cyclic N) is 1. The molecule has 0 amide bonds. The van der Waals surface area contributed by atoms with Gasteiger partial charge in [-0.05, 0) is 68.1 Å². The third-order valence-corrected chi connectivity index (χ3v) is 5.05. The van der Waals surface area contributed by atoms with Crippen molar-refractivity contribution in [1.29, 1.82) is 0 Å². The predicted molar refractivity (Wildman–Crippen MR) is 110 cm³/mol. The zero-order valence-corrected chi connectivity index (χ0v) is 16.5. The van der Waals surface area contributed by atoms with E-state index in [1.807, 2.05) is 12.1 Å². The Hall–Kier alpha value is -1.26. The van der Waals surface area contributed by atoms with Crippen LogP contribution in [-0.4, -0.2) is 42.4 Å². The summed E-state index contributed by atoms with van der Waals surface area (Å²) in [6.45, 7) is 3.09. The minimum atomic E-state index is -0.471. The average Bonchev–Trinajstić information content (AvgIpc) is 2.64. The molecule has 142 valence electrons. The molecule has 2 aromatic rings. The molecule has 0 aromatic heterocycles. The maximum atomic E-state index is 10.2. The lowest BCUT2D eigenvalue weighted by molar-refractivity contribution is 0.0550. The molecule has 0 spiro atoms. The van der Waals surface area contributed by atoms with Gasteiger partial charge in [0.2, 0.25) is 0 Å². The van der Waals surface area contributed by atoms with Gasteiger partial charge in [-0.3, -0.25) is 0 Å². The highest BCUT2D eigenvalue weighted by molar-refractivity contribution is 6.30. The number of likely N-dealkylation sites (tertiary alicyclic amines) is 1. The van der Waals surface area contributed by atoms with Crippen molar-refractivity contribution in [2.45, 2.75) is 25.4 Å². The second-order valence-corrected chi connectivity index (χ2v) is 7.29. The van der Waals surface area contributed by atoms with Gasteiger partial charge in [0.05, 0.1) is 0 Å². The normalized spacial score (nSPS) is 16.7. The monoisotopic (exact) mass is 395 g/mol. The van der Waals surface area contributed by atoms with E-state index in [-0.39, 0.29) is 12.4 Å². The number of rotatable bonds is 7. The highest BCUT2D eigenvalue weighted by atomic mass is 35.5. The molecule has 2 aromatic carbocycles. The maximum absolute atomic E-state index is 10.2. The van der Waals surface area contributed by atoms with Crippen molar-refractivity contribution >= 4 is 24.0 Å². The van der Waals surface area contributed by atoms with Gasteiger partial charge < -0.3 is 14.7 Å². The Morgan fingerprint density at radius 2 is 1.69 bits per heavy atom. The molecule has 1 fully saturated rings. The number of ether oxygens (including phenoxy) is 1. The number of hydrogen-bond donors (Lipinski definition) is 1. The SMILES string of the molecule is Cl.OC(COc1ccc(Cl)cc1)CN1CCC(Cc2ccccc2)CC1. The Labute approximate surface area is 167 Å².